The van der Waals surface area contributed by atoms with Crippen LogP contribution in [-0.2, 0) is 9.47 Å². The average molecular weight is 278 g/mol. The molecule has 0 heterocycles. The molecule has 0 radical (unpaired) electrons. The van der Waals surface area contributed by atoms with Gasteiger partial charge in [-0.1, -0.05) is 27.2 Å². The van der Waals surface area contributed by atoms with Crippen LogP contribution in [0.1, 0.15) is 33.6 Å². The fourth-order valence-corrected chi connectivity index (χ4v) is 0.491. The number of ether oxygens (including phenoxy) is 2. The second kappa shape index (κ2) is 30.4. The Bertz CT molecular complexity index is 93.7. The van der Waals surface area contributed by atoms with Gasteiger partial charge >= 0.3 is 17.4 Å². The zero-order valence-electron chi connectivity index (χ0n) is 12.1. The summed E-state index contributed by atoms with van der Waals surface area (Å²) in [4.78, 5) is 0. The Morgan fingerprint density at radius 1 is 1.00 bits per heavy atom. The van der Waals surface area contributed by atoms with Crippen molar-refractivity contribution in [2.75, 3.05) is 40.1 Å². The van der Waals surface area contributed by atoms with E-state index in [0.29, 0.717) is 13.2 Å². The van der Waals surface area contributed by atoms with Crippen molar-refractivity contribution >= 4 is 17.4 Å². The van der Waals surface area contributed by atoms with Crippen LogP contribution in [0.15, 0.2) is 0 Å². The van der Waals surface area contributed by atoms with E-state index in [0.717, 1.165) is 19.4 Å². The molecule has 5 nitrogen and oxygen atoms in total. The predicted octanol–water partition coefficient (Wildman–Crippen LogP) is -1.47. The van der Waals surface area contributed by atoms with Crippen molar-refractivity contribution in [3.63, 3.8) is 0 Å². The fourth-order valence-electron chi connectivity index (χ4n) is 0.491. The van der Waals surface area contributed by atoms with Gasteiger partial charge < -0.3 is 24.8 Å². The summed E-state index contributed by atoms with van der Waals surface area (Å²) in [5.74, 6) is 0. The number of hydrogen-bond donors (Lipinski definition) is 0. The number of rotatable bonds is 7. The number of methoxy groups -OCH3 is 1. The molecule has 0 unspecified atom stereocenters. The molecule has 0 bridgehead atoms. The summed E-state index contributed by atoms with van der Waals surface area (Å²) < 4.78 is 9.29. The quantitative estimate of drug-likeness (QED) is 0.419. The first-order valence-electron chi connectivity index (χ1n) is 5.95. The Morgan fingerprint density at radius 2 is 1.44 bits per heavy atom. The van der Waals surface area contributed by atoms with Crippen LogP contribution >= 0.6 is 0 Å². The monoisotopic (exact) mass is 278 g/mol. The van der Waals surface area contributed by atoms with Crippen molar-refractivity contribution in [1.82, 2.24) is 0 Å². The van der Waals surface area contributed by atoms with Crippen molar-refractivity contribution in [2.24, 2.45) is 0 Å². The Kier molecular flexibility index (Phi) is 45.3. The third kappa shape index (κ3) is 71.4. The van der Waals surface area contributed by atoms with Gasteiger partial charge in [0.2, 0.25) is 0 Å². The molecule has 0 aliphatic heterocycles. The van der Waals surface area contributed by atoms with E-state index in [2.05, 4.69) is 11.7 Å². The molecule has 0 N–H and O–H groups in total. The van der Waals surface area contributed by atoms with Crippen LogP contribution in [0, 0.1) is 0 Å². The molecule has 0 aromatic heterocycles. The summed E-state index contributed by atoms with van der Waals surface area (Å²) in [5.41, 5.74) is 0. The SMILES string of the molecule is CC(C)[O-].CCCCOCC[O-].COCC[O-].[Al+3]. The van der Waals surface area contributed by atoms with Crippen LogP contribution < -0.4 is 15.3 Å². The van der Waals surface area contributed by atoms with Crippen molar-refractivity contribution in [2.45, 2.75) is 39.7 Å². The summed E-state index contributed by atoms with van der Waals surface area (Å²) in [6.45, 7) is 6.54. The summed E-state index contributed by atoms with van der Waals surface area (Å²) in [6, 6.07) is 0. The minimum Gasteiger partial charge on any atom is -0.853 e. The Hall–Kier alpha value is 0.332. The zero-order valence-corrected chi connectivity index (χ0v) is 13.3. The molecule has 0 spiro atoms. The average Bonchev–Trinajstić information content (AvgIpc) is 2.26. The van der Waals surface area contributed by atoms with E-state index < -0.39 is 6.10 Å². The molecule has 0 saturated heterocycles. The van der Waals surface area contributed by atoms with Gasteiger partial charge in [-0.15, -0.1) is 19.3 Å². The molecule has 108 valence electrons. The molecule has 0 aromatic carbocycles. The summed E-state index contributed by atoms with van der Waals surface area (Å²) in [6.07, 6.45) is 1.79. The van der Waals surface area contributed by atoms with Crippen LogP contribution in [0.3, 0.4) is 0 Å². The van der Waals surface area contributed by atoms with Gasteiger partial charge in [0.25, 0.3) is 0 Å². The minimum absolute atomic E-state index is 0. The first-order valence-corrected chi connectivity index (χ1v) is 5.95. The zero-order chi connectivity index (χ0) is 13.9. The van der Waals surface area contributed by atoms with E-state index in [1.807, 2.05) is 0 Å². The van der Waals surface area contributed by atoms with E-state index in [4.69, 9.17) is 4.74 Å². The summed E-state index contributed by atoms with van der Waals surface area (Å²) >= 11 is 0. The standard InChI is InChI=1S/C6H13O2.C3H7O2.C3H7O.Al/c1-2-3-5-8-6-4-7;1-5-3-2-4;1-3(2)4;/h2-6H2,1H3;2-3H2,1H3;3H,1-2H3;/q3*-1;+3. The topological polar surface area (TPSA) is 87.6 Å². The Balaban J connectivity index is -0.0000000855. The minimum atomic E-state index is -0.417. The molecular weight excluding hydrogens is 251 g/mol. The summed E-state index contributed by atoms with van der Waals surface area (Å²) in [5, 5.41) is 28.7. The van der Waals surface area contributed by atoms with Crippen LogP contribution in [-0.4, -0.2) is 63.6 Å². The van der Waals surface area contributed by atoms with Crippen LogP contribution in [0.4, 0.5) is 0 Å². The first-order chi connectivity index (χ1) is 8.06. The molecule has 0 aliphatic carbocycles. The first kappa shape index (κ1) is 26.8. The van der Waals surface area contributed by atoms with Crippen LogP contribution in [0.5, 0.6) is 0 Å². The fraction of sp³-hybridized carbons (Fsp3) is 1.00. The molecule has 0 aromatic rings. The third-order valence-electron chi connectivity index (χ3n) is 1.16. The van der Waals surface area contributed by atoms with E-state index in [-0.39, 0.29) is 30.6 Å². The van der Waals surface area contributed by atoms with Crippen molar-refractivity contribution in [3.8, 4) is 0 Å². The molecule has 6 heteroatoms. The smallest absolute Gasteiger partial charge is 0.853 e. The number of unbranched alkanes of at least 4 members (excludes halogenated alkanes) is 1. The van der Waals surface area contributed by atoms with Crippen molar-refractivity contribution < 1.29 is 24.8 Å². The Morgan fingerprint density at radius 3 is 1.67 bits per heavy atom. The molecule has 0 amide bonds. The van der Waals surface area contributed by atoms with Crippen molar-refractivity contribution in [1.29, 1.82) is 0 Å². The molecule has 0 saturated carbocycles. The van der Waals surface area contributed by atoms with Gasteiger partial charge in [-0.3, -0.25) is 0 Å². The molecule has 0 atom stereocenters. The second-order valence-electron chi connectivity index (χ2n) is 3.42. The van der Waals surface area contributed by atoms with Crippen LogP contribution in [0.2, 0.25) is 0 Å². The maximum atomic E-state index is 9.77. The van der Waals surface area contributed by atoms with Crippen molar-refractivity contribution in [3.05, 3.63) is 0 Å². The Labute approximate surface area is 122 Å². The molecule has 0 rings (SSSR count). The van der Waals surface area contributed by atoms with Crippen LogP contribution in [0.25, 0.3) is 0 Å². The maximum absolute atomic E-state index is 9.77. The van der Waals surface area contributed by atoms with E-state index in [1.165, 1.54) is 7.11 Å². The van der Waals surface area contributed by atoms with Gasteiger partial charge in [0.1, 0.15) is 0 Å². The van der Waals surface area contributed by atoms with E-state index >= 15 is 0 Å². The normalized spacial score (nSPS) is 8.67. The molecule has 0 fully saturated rings. The van der Waals surface area contributed by atoms with Gasteiger partial charge in [0.05, 0.1) is 0 Å². The molecule has 0 aliphatic rings. The molecular formula is C12H27AlO5. The molecule has 18 heavy (non-hydrogen) atoms. The van der Waals surface area contributed by atoms with E-state index in [9.17, 15) is 15.3 Å². The van der Waals surface area contributed by atoms with Gasteiger partial charge in [0, 0.05) is 26.9 Å². The van der Waals surface area contributed by atoms with Gasteiger partial charge in [-0.2, -0.15) is 0 Å². The van der Waals surface area contributed by atoms with Gasteiger partial charge in [0.15, 0.2) is 0 Å². The number of hydrogen-bond acceptors (Lipinski definition) is 5. The largest absolute Gasteiger partial charge is 3.00 e. The van der Waals surface area contributed by atoms with Gasteiger partial charge in [-0.05, 0) is 6.42 Å². The third-order valence-corrected chi connectivity index (χ3v) is 1.16. The maximum Gasteiger partial charge on any atom is 3.00 e. The second-order valence-corrected chi connectivity index (χ2v) is 3.42. The summed E-state index contributed by atoms with van der Waals surface area (Å²) in [7, 11) is 1.51. The predicted molar refractivity (Wildman–Crippen MR) is 68.2 cm³/mol. The van der Waals surface area contributed by atoms with Gasteiger partial charge in [-0.25, -0.2) is 0 Å². The van der Waals surface area contributed by atoms with E-state index in [1.54, 1.807) is 13.8 Å².